The Morgan fingerprint density at radius 1 is 1.00 bits per heavy atom. The molecule has 1 amide bonds. The van der Waals surface area contributed by atoms with E-state index >= 15 is 0 Å². The van der Waals surface area contributed by atoms with E-state index in [1.807, 2.05) is 0 Å². The SMILES string of the molecule is CC(Oc1ccc(F)c(F)c1)C(=O)Oc1ccc(NC(=O)c2cccs2)cc1. The molecule has 0 radical (unpaired) electrons. The Morgan fingerprint density at radius 3 is 2.36 bits per heavy atom. The van der Waals surface area contributed by atoms with Crippen molar-refractivity contribution < 1.29 is 27.8 Å². The molecule has 0 bridgehead atoms. The minimum atomic E-state index is -1.07. The molecule has 0 fully saturated rings. The number of hydrogen-bond acceptors (Lipinski definition) is 5. The van der Waals surface area contributed by atoms with Crippen molar-refractivity contribution in [2.75, 3.05) is 5.32 Å². The van der Waals surface area contributed by atoms with Crippen LogP contribution in [0.5, 0.6) is 11.5 Å². The first-order valence-corrected chi connectivity index (χ1v) is 9.08. The van der Waals surface area contributed by atoms with Crippen molar-refractivity contribution in [3.63, 3.8) is 0 Å². The zero-order valence-electron chi connectivity index (χ0n) is 14.6. The topological polar surface area (TPSA) is 64.6 Å². The third-order valence-electron chi connectivity index (χ3n) is 3.61. The second-order valence-corrected chi connectivity index (χ2v) is 6.66. The van der Waals surface area contributed by atoms with Gasteiger partial charge in [0.25, 0.3) is 5.91 Å². The van der Waals surface area contributed by atoms with E-state index in [0.717, 1.165) is 12.1 Å². The predicted molar refractivity (Wildman–Crippen MR) is 101 cm³/mol. The van der Waals surface area contributed by atoms with Crippen molar-refractivity contribution in [1.29, 1.82) is 0 Å². The zero-order valence-corrected chi connectivity index (χ0v) is 15.5. The highest BCUT2D eigenvalue weighted by Crippen LogP contribution is 2.20. The Balaban J connectivity index is 1.56. The highest BCUT2D eigenvalue weighted by molar-refractivity contribution is 7.12. The molecule has 0 aliphatic heterocycles. The van der Waals surface area contributed by atoms with Gasteiger partial charge in [0.1, 0.15) is 11.5 Å². The van der Waals surface area contributed by atoms with Crippen LogP contribution in [0, 0.1) is 11.6 Å². The van der Waals surface area contributed by atoms with Gasteiger partial charge in [-0.25, -0.2) is 13.6 Å². The van der Waals surface area contributed by atoms with Crippen LogP contribution in [-0.2, 0) is 4.79 Å². The molecular formula is C20H15F2NO4S. The number of benzene rings is 2. The van der Waals surface area contributed by atoms with Gasteiger partial charge in [-0.2, -0.15) is 0 Å². The summed E-state index contributed by atoms with van der Waals surface area (Å²) in [6.07, 6.45) is -1.04. The summed E-state index contributed by atoms with van der Waals surface area (Å²) in [5.41, 5.74) is 0.546. The highest BCUT2D eigenvalue weighted by atomic mass is 32.1. The van der Waals surface area contributed by atoms with Crippen molar-refractivity contribution in [2.24, 2.45) is 0 Å². The molecule has 0 saturated carbocycles. The van der Waals surface area contributed by atoms with Crippen LogP contribution in [-0.4, -0.2) is 18.0 Å². The molecule has 3 rings (SSSR count). The Hall–Kier alpha value is -3.26. The number of amides is 1. The molecule has 144 valence electrons. The van der Waals surface area contributed by atoms with Crippen LogP contribution in [0.25, 0.3) is 0 Å². The Bertz CT molecular complexity index is 974. The average Bonchev–Trinajstić information content (AvgIpc) is 3.21. The van der Waals surface area contributed by atoms with Crippen LogP contribution in [0.1, 0.15) is 16.6 Å². The summed E-state index contributed by atoms with van der Waals surface area (Å²) in [6, 6.07) is 12.7. The van der Waals surface area contributed by atoms with E-state index in [1.165, 1.54) is 36.5 Å². The van der Waals surface area contributed by atoms with Crippen molar-refractivity contribution in [3.05, 3.63) is 76.5 Å². The van der Waals surface area contributed by atoms with Gasteiger partial charge in [-0.15, -0.1) is 11.3 Å². The second-order valence-electron chi connectivity index (χ2n) is 5.71. The van der Waals surface area contributed by atoms with E-state index in [0.29, 0.717) is 10.6 Å². The molecule has 0 spiro atoms. The molecule has 0 aliphatic rings. The number of rotatable bonds is 6. The minimum Gasteiger partial charge on any atom is -0.479 e. The first-order valence-electron chi connectivity index (χ1n) is 8.20. The number of esters is 1. The molecule has 1 aromatic heterocycles. The van der Waals surface area contributed by atoms with E-state index in [4.69, 9.17) is 9.47 Å². The van der Waals surface area contributed by atoms with Crippen LogP contribution < -0.4 is 14.8 Å². The highest BCUT2D eigenvalue weighted by Gasteiger charge is 2.18. The van der Waals surface area contributed by atoms with Crippen LogP contribution in [0.15, 0.2) is 60.0 Å². The van der Waals surface area contributed by atoms with Crippen molar-refractivity contribution in [2.45, 2.75) is 13.0 Å². The van der Waals surface area contributed by atoms with Gasteiger partial charge >= 0.3 is 5.97 Å². The van der Waals surface area contributed by atoms with Gasteiger partial charge < -0.3 is 14.8 Å². The fourth-order valence-electron chi connectivity index (χ4n) is 2.21. The Morgan fingerprint density at radius 2 is 1.71 bits per heavy atom. The quantitative estimate of drug-likeness (QED) is 0.481. The maximum atomic E-state index is 13.2. The average molecular weight is 403 g/mol. The van der Waals surface area contributed by atoms with Gasteiger partial charge in [0, 0.05) is 11.8 Å². The second kappa shape index (κ2) is 8.62. The number of halogens is 2. The number of carbonyl (C=O) groups is 2. The normalized spacial score (nSPS) is 11.5. The smallest absolute Gasteiger partial charge is 0.352 e. The largest absolute Gasteiger partial charge is 0.479 e. The maximum Gasteiger partial charge on any atom is 0.352 e. The summed E-state index contributed by atoms with van der Waals surface area (Å²) < 4.78 is 36.6. The fourth-order valence-corrected chi connectivity index (χ4v) is 2.83. The predicted octanol–water partition coefficient (Wildman–Crippen LogP) is 4.65. The minimum absolute atomic E-state index is 0.00925. The summed E-state index contributed by atoms with van der Waals surface area (Å²) in [5, 5.41) is 4.54. The molecule has 3 aromatic rings. The number of thiophene rings is 1. The number of hydrogen-bond donors (Lipinski definition) is 1. The van der Waals surface area contributed by atoms with Crippen molar-refractivity contribution in [1.82, 2.24) is 0 Å². The summed E-state index contributed by atoms with van der Waals surface area (Å²) in [7, 11) is 0. The number of ether oxygens (including phenoxy) is 2. The molecular weight excluding hydrogens is 388 g/mol. The lowest BCUT2D eigenvalue weighted by molar-refractivity contribution is -0.141. The number of nitrogens with one attached hydrogen (secondary N) is 1. The zero-order chi connectivity index (χ0) is 20.1. The summed E-state index contributed by atoms with van der Waals surface area (Å²) in [4.78, 5) is 24.7. The first-order chi connectivity index (χ1) is 13.4. The molecule has 5 nitrogen and oxygen atoms in total. The third kappa shape index (κ3) is 4.92. The van der Waals surface area contributed by atoms with E-state index < -0.39 is 23.7 Å². The van der Waals surface area contributed by atoms with Gasteiger partial charge in [0.05, 0.1) is 4.88 Å². The molecule has 1 heterocycles. The standard InChI is InChI=1S/C20H15F2NO4S/c1-12(26-15-8-9-16(21)17(22)11-15)20(25)27-14-6-4-13(5-7-14)23-19(24)18-3-2-10-28-18/h2-12H,1H3,(H,23,24). The van der Waals surface area contributed by atoms with E-state index in [9.17, 15) is 18.4 Å². The van der Waals surface area contributed by atoms with E-state index in [1.54, 1.807) is 29.6 Å². The lowest BCUT2D eigenvalue weighted by Crippen LogP contribution is -2.28. The lowest BCUT2D eigenvalue weighted by Gasteiger charge is -2.14. The number of carbonyl (C=O) groups excluding carboxylic acids is 2. The van der Waals surface area contributed by atoms with Crippen molar-refractivity contribution in [3.8, 4) is 11.5 Å². The van der Waals surface area contributed by atoms with Gasteiger partial charge in [0.2, 0.25) is 0 Å². The Labute approximate surface area is 163 Å². The lowest BCUT2D eigenvalue weighted by atomic mass is 10.3. The third-order valence-corrected chi connectivity index (χ3v) is 4.48. The van der Waals surface area contributed by atoms with Gasteiger partial charge in [-0.3, -0.25) is 4.79 Å². The summed E-state index contributed by atoms with van der Waals surface area (Å²) >= 11 is 1.33. The molecule has 2 aromatic carbocycles. The summed E-state index contributed by atoms with van der Waals surface area (Å²) in [5.74, 6) is -2.75. The molecule has 8 heteroatoms. The van der Waals surface area contributed by atoms with Gasteiger partial charge in [-0.1, -0.05) is 6.07 Å². The van der Waals surface area contributed by atoms with Crippen LogP contribution >= 0.6 is 11.3 Å². The van der Waals surface area contributed by atoms with Gasteiger partial charge in [-0.05, 0) is 54.8 Å². The molecule has 1 N–H and O–H groups in total. The fraction of sp³-hybridized carbons (Fsp3) is 0.100. The monoisotopic (exact) mass is 403 g/mol. The van der Waals surface area contributed by atoms with E-state index in [-0.39, 0.29) is 17.4 Å². The Kier molecular flexibility index (Phi) is 6.00. The van der Waals surface area contributed by atoms with E-state index in [2.05, 4.69) is 5.32 Å². The van der Waals surface area contributed by atoms with Crippen LogP contribution in [0.2, 0.25) is 0 Å². The summed E-state index contributed by atoms with van der Waals surface area (Å²) in [6.45, 7) is 1.43. The first kappa shape index (κ1) is 19.5. The molecule has 1 unspecified atom stereocenters. The van der Waals surface area contributed by atoms with Gasteiger partial charge in [0.15, 0.2) is 17.7 Å². The van der Waals surface area contributed by atoms with Crippen LogP contribution in [0.4, 0.5) is 14.5 Å². The number of anilines is 1. The molecule has 0 aliphatic carbocycles. The molecule has 28 heavy (non-hydrogen) atoms. The van der Waals surface area contributed by atoms with Crippen LogP contribution in [0.3, 0.4) is 0 Å². The molecule has 1 atom stereocenters. The maximum absolute atomic E-state index is 13.2. The van der Waals surface area contributed by atoms with Crippen molar-refractivity contribution >= 4 is 28.9 Å². The molecule has 0 saturated heterocycles.